The molecule has 1 N–H and O–H groups in total. The van der Waals surface area contributed by atoms with Gasteiger partial charge in [-0.2, -0.15) is 13.2 Å². The van der Waals surface area contributed by atoms with Crippen LogP contribution in [0, 0.1) is 0 Å². The molecule has 0 bridgehead atoms. The summed E-state index contributed by atoms with van der Waals surface area (Å²) >= 11 is 0. The van der Waals surface area contributed by atoms with Crippen molar-refractivity contribution < 1.29 is 17.9 Å². The van der Waals surface area contributed by atoms with Gasteiger partial charge in [0.25, 0.3) is 0 Å². The molecule has 20 heavy (non-hydrogen) atoms. The van der Waals surface area contributed by atoms with Crippen LogP contribution in [0.1, 0.15) is 31.9 Å². The zero-order valence-corrected chi connectivity index (χ0v) is 11.6. The average Bonchev–Trinajstić information content (AvgIpc) is 2.81. The summed E-state index contributed by atoms with van der Waals surface area (Å²) < 4.78 is 42.4. The third-order valence-corrected chi connectivity index (χ3v) is 2.53. The second-order valence-electron chi connectivity index (χ2n) is 4.48. The molecule has 0 unspecified atom stereocenters. The monoisotopic (exact) mass is 294 g/mol. The maximum atomic E-state index is 11.9. The fourth-order valence-electron chi connectivity index (χ4n) is 1.56. The van der Waals surface area contributed by atoms with Crippen LogP contribution in [0.25, 0.3) is 0 Å². The van der Waals surface area contributed by atoms with E-state index in [1.54, 1.807) is 4.68 Å². The number of nitrogens with one attached hydrogen (secondary N) is 1. The van der Waals surface area contributed by atoms with Crippen molar-refractivity contribution in [1.29, 1.82) is 0 Å². The van der Waals surface area contributed by atoms with Crippen molar-refractivity contribution in [1.82, 2.24) is 20.3 Å². The second kappa shape index (κ2) is 8.91. The Labute approximate surface area is 116 Å². The van der Waals surface area contributed by atoms with Gasteiger partial charge >= 0.3 is 6.18 Å². The van der Waals surface area contributed by atoms with Crippen LogP contribution in [-0.4, -0.2) is 40.9 Å². The lowest BCUT2D eigenvalue weighted by Crippen LogP contribution is -2.14. The molecule has 0 spiro atoms. The molecule has 1 rings (SSSR count). The highest BCUT2D eigenvalue weighted by atomic mass is 19.4. The number of hydrogen-bond donors (Lipinski definition) is 1. The van der Waals surface area contributed by atoms with Crippen molar-refractivity contribution in [3.05, 3.63) is 11.9 Å². The molecule has 0 saturated heterocycles. The van der Waals surface area contributed by atoms with Crippen LogP contribution >= 0.6 is 0 Å². The molecule has 1 aromatic rings. The van der Waals surface area contributed by atoms with E-state index < -0.39 is 12.6 Å². The van der Waals surface area contributed by atoms with Crippen LogP contribution in [0.3, 0.4) is 0 Å². The van der Waals surface area contributed by atoms with Gasteiger partial charge < -0.3 is 10.1 Å². The summed E-state index contributed by atoms with van der Waals surface area (Å²) in [5.74, 6) is 0. The summed E-state index contributed by atoms with van der Waals surface area (Å²) in [5.41, 5.74) is 0.843. The zero-order valence-electron chi connectivity index (χ0n) is 11.6. The first-order valence-electron chi connectivity index (χ1n) is 6.75. The highest BCUT2D eigenvalue weighted by molar-refractivity contribution is 4.91. The van der Waals surface area contributed by atoms with Gasteiger partial charge in [0.15, 0.2) is 0 Å². The molecule has 0 amide bonds. The predicted octanol–water partition coefficient (Wildman–Crippen LogP) is 2.14. The minimum absolute atomic E-state index is 0.00690. The largest absolute Gasteiger partial charge is 0.389 e. The number of halogens is 3. The lowest BCUT2D eigenvalue weighted by Gasteiger charge is -2.06. The maximum absolute atomic E-state index is 11.9. The molecular weight excluding hydrogens is 273 g/mol. The van der Waals surface area contributed by atoms with Crippen LogP contribution in [0.4, 0.5) is 13.2 Å². The Morgan fingerprint density at radius 1 is 1.35 bits per heavy atom. The van der Waals surface area contributed by atoms with E-state index in [0.717, 1.165) is 18.7 Å². The highest BCUT2D eigenvalue weighted by Crippen LogP contribution is 2.20. The quantitative estimate of drug-likeness (QED) is 0.672. The zero-order chi connectivity index (χ0) is 14.8. The molecule has 1 heterocycles. The van der Waals surface area contributed by atoms with Crippen molar-refractivity contribution in [2.45, 2.75) is 45.5 Å². The standard InChI is InChI=1S/C12H21F3N4O/c1-2-5-16-9-11-10-19(18-17-11)6-8-20-7-3-4-12(13,14)15/h10,16H,2-9H2,1H3. The summed E-state index contributed by atoms with van der Waals surface area (Å²) in [6, 6.07) is 0. The van der Waals surface area contributed by atoms with E-state index >= 15 is 0 Å². The first-order valence-corrected chi connectivity index (χ1v) is 6.75. The Morgan fingerprint density at radius 2 is 2.15 bits per heavy atom. The number of aromatic nitrogens is 3. The van der Waals surface area contributed by atoms with E-state index in [-0.39, 0.29) is 13.0 Å². The number of ether oxygens (including phenoxy) is 1. The molecule has 0 aliphatic rings. The minimum atomic E-state index is -4.10. The summed E-state index contributed by atoms with van der Waals surface area (Å²) in [6.07, 6.45) is -2.05. The number of nitrogens with zero attached hydrogens (tertiary/aromatic N) is 3. The Balaban J connectivity index is 2.07. The number of hydrogen-bond acceptors (Lipinski definition) is 4. The van der Waals surface area contributed by atoms with Crippen LogP contribution in [0.2, 0.25) is 0 Å². The Bertz CT molecular complexity index is 368. The third kappa shape index (κ3) is 8.11. The SMILES string of the molecule is CCCNCc1cn(CCOCCCC(F)(F)F)nn1. The Morgan fingerprint density at radius 3 is 2.85 bits per heavy atom. The molecule has 0 fully saturated rings. The maximum Gasteiger partial charge on any atom is 0.389 e. The van der Waals surface area contributed by atoms with Crippen molar-refractivity contribution >= 4 is 0 Å². The Hall–Kier alpha value is -1.15. The lowest BCUT2D eigenvalue weighted by molar-refractivity contribution is -0.137. The van der Waals surface area contributed by atoms with Gasteiger partial charge in [-0.15, -0.1) is 5.10 Å². The molecule has 0 aromatic carbocycles. The van der Waals surface area contributed by atoms with Gasteiger partial charge in [0.05, 0.1) is 18.8 Å². The molecule has 1 aromatic heterocycles. The van der Waals surface area contributed by atoms with Crippen LogP contribution in [-0.2, 0) is 17.8 Å². The van der Waals surface area contributed by atoms with Crippen molar-refractivity contribution in [2.24, 2.45) is 0 Å². The van der Waals surface area contributed by atoms with E-state index in [4.69, 9.17) is 4.74 Å². The van der Waals surface area contributed by atoms with Crippen molar-refractivity contribution in [2.75, 3.05) is 19.8 Å². The van der Waals surface area contributed by atoms with Gasteiger partial charge in [-0.05, 0) is 19.4 Å². The van der Waals surface area contributed by atoms with Gasteiger partial charge in [0.2, 0.25) is 0 Å². The number of rotatable bonds is 10. The summed E-state index contributed by atoms with van der Waals surface area (Å²) in [7, 11) is 0. The van der Waals surface area contributed by atoms with Gasteiger partial charge in [-0.3, -0.25) is 0 Å². The summed E-state index contributed by atoms with van der Waals surface area (Å²) in [6.45, 7) is 4.62. The van der Waals surface area contributed by atoms with E-state index in [2.05, 4.69) is 22.6 Å². The van der Waals surface area contributed by atoms with Gasteiger partial charge in [-0.25, -0.2) is 4.68 Å². The molecule has 8 heteroatoms. The molecule has 0 saturated carbocycles. The van der Waals surface area contributed by atoms with Gasteiger partial charge in [-0.1, -0.05) is 12.1 Å². The molecule has 0 aliphatic carbocycles. The average molecular weight is 294 g/mol. The molecule has 116 valence electrons. The first-order chi connectivity index (χ1) is 9.51. The fraction of sp³-hybridized carbons (Fsp3) is 0.833. The van der Waals surface area contributed by atoms with Crippen LogP contribution in [0.5, 0.6) is 0 Å². The van der Waals surface area contributed by atoms with Gasteiger partial charge in [0.1, 0.15) is 0 Å². The van der Waals surface area contributed by atoms with Crippen molar-refractivity contribution in [3.63, 3.8) is 0 Å². The third-order valence-electron chi connectivity index (χ3n) is 2.53. The summed E-state index contributed by atoms with van der Waals surface area (Å²) in [4.78, 5) is 0. The second-order valence-corrected chi connectivity index (χ2v) is 4.48. The number of alkyl halides is 3. The summed E-state index contributed by atoms with van der Waals surface area (Å²) in [5, 5.41) is 11.1. The first kappa shape index (κ1) is 16.9. The van der Waals surface area contributed by atoms with E-state index in [1.165, 1.54) is 0 Å². The van der Waals surface area contributed by atoms with E-state index in [9.17, 15) is 13.2 Å². The predicted molar refractivity (Wildman–Crippen MR) is 68.1 cm³/mol. The topological polar surface area (TPSA) is 52.0 Å². The fourth-order valence-corrected chi connectivity index (χ4v) is 1.56. The molecule has 0 atom stereocenters. The lowest BCUT2D eigenvalue weighted by atomic mass is 10.3. The molecule has 0 aliphatic heterocycles. The molecule has 0 radical (unpaired) electrons. The smallest absolute Gasteiger partial charge is 0.380 e. The van der Waals surface area contributed by atoms with Crippen LogP contribution in [0.15, 0.2) is 6.20 Å². The highest BCUT2D eigenvalue weighted by Gasteiger charge is 2.25. The normalized spacial score (nSPS) is 12.0. The van der Waals surface area contributed by atoms with Crippen LogP contribution < -0.4 is 5.32 Å². The van der Waals surface area contributed by atoms with E-state index in [0.29, 0.717) is 19.7 Å². The van der Waals surface area contributed by atoms with Gasteiger partial charge in [0, 0.05) is 25.8 Å². The van der Waals surface area contributed by atoms with E-state index in [1.807, 2.05) is 6.20 Å². The molecule has 5 nitrogen and oxygen atoms in total. The van der Waals surface area contributed by atoms with Crippen molar-refractivity contribution in [3.8, 4) is 0 Å². The molecular formula is C12H21F3N4O. The Kier molecular flexibility index (Phi) is 7.53. The minimum Gasteiger partial charge on any atom is -0.380 e.